The third kappa shape index (κ3) is 3.92. The van der Waals surface area contributed by atoms with Crippen molar-refractivity contribution in [2.24, 2.45) is 10.8 Å². The van der Waals surface area contributed by atoms with Gasteiger partial charge in [0.1, 0.15) is 0 Å². The lowest BCUT2D eigenvalue weighted by atomic mass is 10.0. The highest BCUT2D eigenvalue weighted by atomic mass is 32.1. The standard InChI is InChI=1S/C11H10F3N3O2S/c1-17(10(15)20)16-5-6-2-3-7(11(12,13)14)4-8(6)9(18)19/h2-5H,1H3,(H2,15,20)(H,18,19). The second kappa shape index (κ2) is 5.87. The van der Waals surface area contributed by atoms with Crippen LogP contribution in [0.1, 0.15) is 21.5 Å². The van der Waals surface area contributed by atoms with Crippen molar-refractivity contribution < 1.29 is 23.1 Å². The molecule has 0 aliphatic heterocycles. The van der Waals surface area contributed by atoms with Crippen LogP contribution in [0, 0.1) is 0 Å². The zero-order chi connectivity index (χ0) is 15.5. The van der Waals surface area contributed by atoms with Crippen LogP contribution in [0.5, 0.6) is 0 Å². The fraction of sp³-hybridized carbons (Fsp3) is 0.182. The molecule has 0 heterocycles. The van der Waals surface area contributed by atoms with Crippen LogP contribution in [0.3, 0.4) is 0 Å². The Morgan fingerprint density at radius 1 is 1.50 bits per heavy atom. The molecule has 108 valence electrons. The summed E-state index contributed by atoms with van der Waals surface area (Å²) in [4.78, 5) is 11.0. The Kier molecular flexibility index (Phi) is 4.66. The number of nitrogens with zero attached hydrogens (tertiary/aromatic N) is 2. The Balaban J connectivity index is 3.21. The number of hydrogen-bond acceptors (Lipinski definition) is 3. The van der Waals surface area contributed by atoms with Crippen molar-refractivity contribution in [3.05, 3.63) is 34.9 Å². The minimum atomic E-state index is -4.62. The molecular weight excluding hydrogens is 295 g/mol. The second-order valence-electron chi connectivity index (χ2n) is 3.71. The highest BCUT2D eigenvalue weighted by molar-refractivity contribution is 7.80. The molecular formula is C11H10F3N3O2S. The summed E-state index contributed by atoms with van der Waals surface area (Å²) >= 11 is 4.61. The number of hydrogen-bond donors (Lipinski definition) is 2. The van der Waals surface area contributed by atoms with Gasteiger partial charge in [-0.05, 0) is 24.4 Å². The lowest BCUT2D eigenvalue weighted by Gasteiger charge is -2.11. The number of benzene rings is 1. The molecule has 20 heavy (non-hydrogen) atoms. The van der Waals surface area contributed by atoms with E-state index in [4.69, 9.17) is 10.8 Å². The van der Waals surface area contributed by atoms with Crippen molar-refractivity contribution in [3.63, 3.8) is 0 Å². The van der Waals surface area contributed by atoms with E-state index in [0.29, 0.717) is 6.07 Å². The van der Waals surface area contributed by atoms with Crippen molar-refractivity contribution in [1.29, 1.82) is 0 Å². The van der Waals surface area contributed by atoms with Gasteiger partial charge in [-0.15, -0.1) is 0 Å². The number of rotatable bonds is 3. The van der Waals surface area contributed by atoms with Gasteiger partial charge in [-0.1, -0.05) is 6.07 Å². The Morgan fingerprint density at radius 3 is 2.55 bits per heavy atom. The normalized spacial score (nSPS) is 11.6. The highest BCUT2D eigenvalue weighted by Gasteiger charge is 2.31. The minimum absolute atomic E-state index is 0.00796. The van der Waals surface area contributed by atoms with Crippen LogP contribution in [0.25, 0.3) is 0 Å². The minimum Gasteiger partial charge on any atom is -0.478 e. The molecule has 0 atom stereocenters. The number of hydrazone groups is 1. The van der Waals surface area contributed by atoms with Gasteiger partial charge in [0.25, 0.3) is 0 Å². The zero-order valence-electron chi connectivity index (χ0n) is 10.2. The Labute approximate surface area is 117 Å². The molecule has 1 aromatic carbocycles. The summed E-state index contributed by atoms with van der Waals surface area (Å²) < 4.78 is 37.5. The largest absolute Gasteiger partial charge is 0.478 e. The number of aromatic carboxylic acids is 1. The van der Waals surface area contributed by atoms with Crippen molar-refractivity contribution in [3.8, 4) is 0 Å². The van der Waals surface area contributed by atoms with Gasteiger partial charge in [0.05, 0.1) is 17.3 Å². The van der Waals surface area contributed by atoms with Crippen LogP contribution in [0.15, 0.2) is 23.3 Å². The summed E-state index contributed by atoms with van der Waals surface area (Å²) in [6.45, 7) is 0. The molecule has 9 heteroatoms. The SMILES string of the molecule is CN(N=Cc1ccc(C(F)(F)F)cc1C(=O)O)C(N)=S. The monoisotopic (exact) mass is 305 g/mol. The van der Waals surface area contributed by atoms with E-state index in [-0.39, 0.29) is 10.7 Å². The number of alkyl halides is 3. The van der Waals surface area contributed by atoms with Gasteiger partial charge in [-0.3, -0.25) is 0 Å². The van der Waals surface area contributed by atoms with Crippen LogP contribution < -0.4 is 5.73 Å². The van der Waals surface area contributed by atoms with Crippen molar-refractivity contribution in [1.82, 2.24) is 5.01 Å². The highest BCUT2D eigenvalue weighted by Crippen LogP contribution is 2.30. The average molecular weight is 305 g/mol. The van der Waals surface area contributed by atoms with E-state index in [2.05, 4.69) is 17.3 Å². The number of thiocarbonyl (C=S) groups is 1. The first kappa shape index (κ1) is 15.9. The summed E-state index contributed by atoms with van der Waals surface area (Å²) in [6.07, 6.45) is -3.54. The van der Waals surface area contributed by atoms with Crippen LogP contribution in [0.4, 0.5) is 13.2 Å². The van der Waals surface area contributed by atoms with Crippen molar-refractivity contribution in [2.45, 2.75) is 6.18 Å². The molecule has 0 unspecified atom stereocenters. The van der Waals surface area contributed by atoms with E-state index in [1.165, 1.54) is 7.05 Å². The van der Waals surface area contributed by atoms with Gasteiger partial charge in [-0.25, -0.2) is 9.80 Å². The quantitative estimate of drug-likeness (QED) is 0.507. The van der Waals surface area contributed by atoms with Gasteiger partial charge < -0.3 is 10.8 Å². The molecule has 0 bridgehead atoms. The predicted octanol–water partition coefficient (Wildman–Crippen LogP) is 1.91. The number of carboxylic acids is 1. The third-order valence-electron chi connectivity index (χ3n) is 2.30. The first-order valence-corrected chi connectivity index (χ1v) is 5.55. The Hall–Kier alpha value is -2.16. The van der Waals surface area contributed by atoms with E-state index < -0.39 is 23.3 Å². The van der Waals surface area contributed by atoms with Crippen LogP contribution in [0.2, 0.25) is 0 Å². The molecule has 0 fully saturated rings. The summed E-state index contributed by atoms with van der Waals surface area (Å²) in [5.74, 6) is -1.49. The molecule has 5 nitrogen and oxygen atoms in total. The molecule has 0 aliphatic rings. The van der Waals surface area contributed by atoms with E-state index in [1.54, 1.807) is 0 Å². The van der Waals surface area contributed by atoms with Gasteiger partial charge in [0.15, 0.2) is 5.11 Å². The van der Waals surface area contributed by atoms with Gasteiger partial charge in [0.2, 0.25) is 0 Å². The number of nitrogens with two attached hydrogens (primary N) is 1. The third-order valence-corrected chi connectivity index (χ3v) is 2.56. The maximum Gasteiger partial charge on any atom is 0.416 e. The first-order valence-electron chi connectivity index (χ1n) is 5.14. The molecule has 1 rings (SSSR count). The molecule has 0 saturated heterocycles. The smallest absolute Gasteiger partial charge is 0.416 e. The van der Waals surface area contributed by atoms with Crippen LogP contribution in [-0.4, -0.2) is 34.5 Å². The topological polar surface area (TPSA) is 78.9 Å². The summed E-state index contributed by atoms with van der Waals surface area (Å²) in [5, 5.41) is 13.7. The number of halogens is 3. The van der Waals surface area contributed by atoms with Gasteiger partial charge in [-0.2, -0.15) is 18.3 Å². The van der Waals surface area contributed by atoms with E-state index >= 15 is 0 Å². The van der Waals surface area contributed by atoms with Crippen LogP contribution >= 0.6 is 12.2 Å². The second-order valence-corrected chi connectivity index (χ2v) is 4.13. The van der Waals surface area contributed by atoms with Crippen molar-refractivity contribution >= 4 is 29.5 Å². The van der Waals surface area contributed by atoms with Gasteiger partial charge >= 0.3 is 12.1 Å². The van der Waals surface area contributed by atoms with Crippen molar-refractivity contribution in [2.75, 3.05) is 7.05 Å². The maximum atomic E-state index is 12.5. The molecule has 0 amide bonds. The Bertz CT molecular complexity index is 573. The molecule has 0 saturated carbocycles. The van der Waals surface area contributed by atoms with E-state index in [0.717, 1.165) is 23.4 Å². The average Bonchev–Trinajstić information content (AvgIpc) is 2.34. The predicted molar refractivity (Wildman–Crippen MR) is 70.5 cm³/mol. The first-order chi connectivity index (χ1) is 9.12. The fourth-order valence-electron chi connectivity index (χ4n) is 1.24. The maximum absolute atomic E-state index is 12.5. The summed E-state index contributed by atoms with van der Waals surface area (Å²) in [5.41, 5.74) is 3.71. The van der Waals surface area contributed by atoms with E-state index in [1.807, 2.05) is 0 Å². The molecule has 0 spiro atoms. The molecule has 0 radical (unpaired) electrons. The summed E-state index contributed by atoms with van der Waals surface area (Å²) in [6, 6.07) is 2.34. The number of carboxylic acid groups (broad SMARTS) is 1. The Morgan fingerprint density at radius 2 is 2.10 bits per heavy atom. The lowest BCUT2D eigenvalue weighted by Crippen LogP contribution is -2.27. The van der Waals surface area contributed by atoms with Crippen LogP contribution in [-0.2, 0) is 6.18 Å². The summed E-state index contributed by atoms with van der Waals surface area (Å²) in [7, 11) is 1.42. The lowest BCUT2D eigenvalue weighted by molar-refractivity contribution is -0.137. The molecule has 0 aromatic heterocycles. The molecule has 0 aliphatic carbocycles. The molecule has 1 aromatic rings. The zero-order valence-corrected chi connectivity index (χ0v) is 11.0. The molecule has 3 N–H and O–H groups in total. The van der Waals surface area contributed by atoms with E-state index in [9.17, 15) is 18.0 Å². The number of carbonyl (C=O) groups is 1. The van der Waals surface area contributed by atoms with Gasteiger partial charge in [0, 0.05) is 12.6 Å². The fourth-order valence-corrected chi connectivity index (χ4v) is 1.28.